The third-order valence-electron chi connectivity index (χ3n) is 3.25. The van der Waals surface area contributed by atoms with Crippen molar-refractivity contribution in [2.24, 2.45) is 0 Å². The Morgan fingerprint density at radius 3 is 2.68 bits per heavy atom. The normalized spacial score (nSPS) is 10.8. The molecule has 0 unspecified atom stereocenters. The van der Waals surface area contributed by atoms with Crippen LogP contribution in [0.3, 0.4) is 0 Å². The molecule has 2 heterocycles. The fraction of sp³-hybridized carbons (Fsp3) is 0.200. The van der Waals surface area contributed by atoms with Crippen molar-refractivity contribution in [3.63, 3.8) is 0 Å². The second-order valence-electron chi connectivity index (χ2n) is 4.42. The molecular formula is C15H16N4. The van der Waals surface area contributed by atoms with E-state index < -0.39 is 0 Å². The average molecular weight is 252 g/mol. The summed E-state index contributed by atoms with van der Waals surface area (Å²) in [4.78, 5) is 14.1. The van der Waals surface area contributed by atoms with Crippen LogP contribution in [0.2, 0.25) is 0 Å². The highest BCUT2D eigenvalue weighted by molar-refractivity contribution is 5.83. The van der Waals surface area contributed by atoms with Crippen LogP contribution >= 0.6 is 0 Å². The number of nitrogens with one attached hydrogen (secondary N) is 1. The predicted octanol–water partition coefficient (Wildman–Crippen LogP) is 2.98. The van der Waals surface area contributed by atoms with E-state index in [1.807, 2.05) is 12.1 Å². The summed E-state index contributed by atoms with van der Waals surface area (Å²) < 4.78 is 0. The molecule has 19 heavy (non-hydrogen) atoms. The van der Waals surface area contributed by atoms with E-state index in [1.54, 1.807) is 12.4 Å². The minimum Gasteiger partial charge on any atom is -0.361 e. The van der Waals surface area contributed by atoms with E-state index in [9.17, 15) is 0 Å². The van der Waals surface area contributed by atoms with E-state index in [0.29, 0.717) is 0 Å². The van der Waals surface area contributed by atoms with Crippen LogP contribution in [0.1, 0.15) is 12.5 Å². The van der Waals surface area contributed by atoms with Gasteiger partial charge in [0.15, 0.2) is 0 Å². The summed E-state index contributed by atoms with van der Waals surface area (Å²) in [6.45, 7) is 3.80. The number of aromatic amines is 1. The van der Waals surface area contributed by atoms with Crippen LogP contribution in [0.5, 0.6) is 0 Å². The van der Waals surface area contributed by atoms with Crippen molar-refractivity contribution in [3.8, 4) is 0 Å². The summed E-state index contributed by atoms with van der Waals surface area (Å²) in [5.41, 5.74) is 2.44. The average Bonchev–Trinajstić information content (AvgIpc) is 2.89. The van der Waals surface area contributed by atoms with E-state index >= 15 is 0 Å². The number of hydrogen-bond acceptors (Lipinski definition) is 3. The summed E-state index contributed by atoms with van der Waals surface area (Å²) in [5.74, 6) is 0.773. The molecule has 0 amide bonds. The van der Waals surface area contributed by atoms with Crippen LogP contribution in [0, 0.1) is 0 Å². The molecule has 4 heteroatoms. The van der Waals surface area contributed by atoms with Crippen LogP contribution in [0.25, 0.3) is 10.9 Å². The van der Waals surface area contributed by atoms with Gasteiger partial charge in [0.05, 0.1) is 0 Å². The molecule has 0 aliphatic heterocycles. The molecule has 3 rings (SSSR count). The number of aromatic nitrogens is 3. The Labute approximate surface area is 112 Å². The van der Waals surface area contributed by atoms with Gasteiger partial charge in [0.2, 0.25) is 5.95 Å². The number of rotatable bonds is 4. The highest BCUT2D eigenvalue weighted by atomic mass is 15.2. The highest BCUT2D eigenvalue weighted by Crippen LogP contribution is 2.20. The number of H-pyrrole nitrogens is 1. The number of hydrogen-bond donors (Lipinski definition) is 1. The van der Waals surface area contributed by atoms with Gasteiger partial charge in [0.25, 0.3) is 0 Å². The van der Waals surface area contributed by atoms with E-state index in [4.69, 9.17) is 0 Å². The van der Waals surface area contributed by atoms with E-state index in [2.05, 4.69) is 51.2 Å². The van der Waals surface area contributed by atoms with Crippen LogP contribution in [0.4, 0.5) is 5.95 Å². The zero-order valence-corrected chi connectivity index (χ0v) is 10.9. The van der Waals surface area contributed by atoms with Crippen molar-refractivity contribution in [2.75, 3.05) is 11.4 Å². The van der Waals surface area contributed by atoms with Gasteiger partial charge in [-0.1, -0.05) is 18.2 Å². The molecule has 3 aromatic rings. The molecule has 0 radical (unpaired) electrons. The lowest BCUT2D eigenvalue weighted by molar-refractivity contribution is 0.795. The Kier molecular flexibility index (Phi) is 3.14. The third-order valence-corrected chi connectivity index (χ3v) is 3.25. The molecule has 1 aromatic carbocycles. The number of fused-ring (bicyclic) bond motifs is 1. The van der Waals surface area contributed by atoms with Gasteiger partial charge in [-0.2, -0.15) is 0 Å². The number of para-hydroxylation sites is 1. The molecule has 96 valence electrons. The van der Waals surface area contributed by atoms with Gasteiger partial charge in [0.1, 0.15) is 0 Å². The largest absolute Gasteiger partial charge is 0.361 e. The first kappa shape index (κ1) is 11.7. The van der Waals surface area contributed by atoms with Crippen LogP contribution < -0.4 is 4.90 Å². The van der Waals surface area contributed by atoms with Gasteiger partial charge in [-0.3, -0.25) is 0 Å². The molecule has 0 saturated carbocycles. The minimum atomic E-state index is 0.773. The second-order valence-corrected chi connectivity index (χ2v) is 4.42. The number of benzene rings is 1. The maximum Gasteiger partial charge on any atom is 0.225 e. The SMILES string of the molecule is CCN(Cc1c[nH]c2ccccc12)c1ncccn1. The molecule has 0 aliphatic carbocycles. The summed E-state index contributed by atoms with van der Waals surface area (Å²) in [6.07, 6.45) is 5.62. The van der Waals surface area contributed by atoms with Gasteiger partial charge in [-0.15, -0.1) is 0 Å². The first-order valence-electron chi connectivity index (χ1n) is 6.45. The maximum atomic E-state index is 4.32. The molecule has 1 N–H and O–H groups in total. The zero-order valence-electron chi connectivity index (χ0n) is 10.9. The fourth-order valence-electron chi connectivity index (χ4n) is 2.25. The van der Waals surface area contributed by atoms with Gasteiger partial charge < -0.3 is 9.88 Å². The van der Waals surface area contributed by atoms with Gasteiger partial charge >= 0.3 is 0 Å². The Morgan fingerprint density at radius 1 is 1.11 bits per heavy atom. The van der Waals surface area contributed by atoms with Crippen molar-refractivity contribution in [1.29, 1.82) is 0 Å². The molecule has 2 aromatic heterocycles. The third kappa shape index (κ3) is 2.29. The van der Waals surface area contributed by atoms with Crippen LogP contribution in [0.15, 0.2) is 48.9 Å². The van der Waals surface area contributed by atoms with Crippen LogP contribution in [-0.4, -0.2) is 21.5 Å². The summed E-state index contributed by atoms with van der Waals surface area (Å²) in [6, 6.07) is 10.2. The molecule has 4 nitrogen and oxygen atoms in total. The first-order chi connectivity index (χ1) is 9.38. The van der Waals surface area contributed by atoms with Crippen molar-refractivity contribution in [2.45, 2.75) is 13.5 Å². The topological polar surface area (TPSA) is 44.8 Å². The van der Waals surface area contributed by atoms with Crippen LogP contribution in [-0.2, 0) is 6.54 Å². The molecular weight excluding hydrogens is 236 g/mol. The quantitative estimate of drug-likeness (QED) is 0.776. The van der Waals surface area contributed by atoms with Crippen molar-refractivity contribution >= 4 is 16.9 Å². The Balaban J connectivity index is 1.91. The lowest BCUT2D eigenvalue weighted by Gasteiger charge is -2.19. The van der Waals surface area contributed by atoms with E-state index in [-0.39, 0.29) is 0 Å². The monoisotopic (exact) mass is 252 g/mol. The molecule has 0 bridgehead atoms. The molecule has 0 atom stereocenters. The lowest BCUT2D eigenvalue weighted by Crippen LogP contribution is -2.23. The molecule has 0 aliphatic rings. The Morgan fingerprint density at radius 2 is 1.89 bits per heavy atom. The first-order valence-corrected chi connectivity index (χ1v) is 6.45. The number of nitrogens with zero attached hydrogens (tertiary/aromatic N) is 3. The second kappa shape index (κ2) is 5.10. The lowest BCUT2D eigenvalue weighted by atomic mass is 10.1. The van der Waals surface area contributed by atoms with E-state index in [1.165, 1.54) is 16.5 Å². The summed E-state index contributed by atoms with van der Waals surface area (Å²) >= 11 is 0. The predicted molar refractivity (Wildman–Crippen MR) is 77.1 cm³/mol. The summed E-state index contributed by atoms with van der Waals surface area (Å²) in [7, 11) is 0. The maximum absolute atomic E-state index is 4.32. The van der Waals surface area contributed by atoms with Gasteiger partial charge in [-0.05, 0) is 24.6 Å². The van der Waals surface area contributed by atoms with Crippen molar-refractivity contribution in [1.82, 2.24) is 15.0 Å². The van der Waals surface area contributed by atoms with E-state index in [0.717, 1.165) is 19.0 Å². The zero-order chi connectivity index (χ0) is 13.1. The minimum absolute atomic E-state index is 0.773. The molecule has 0 saturated heterocycles. The fourth-order valence-corrected chi connectivity index (χ4v) is 2.25. The Hall–Kier alpha value is -2.36. The molecule has 0 fully saturated rings. The van der Waals surface area contributed by atoms with Crippen molar-refractivity contribution < 1.29 is 0 Å². The smallest absolute Gasteiger partial charge is 0.225 e. The number of anilines is 1. The Bertz CT molecular complexity index is 660. The highest BCUT2D eigenvalue weighted by Gasteiger charge is 2.10. The van der Waals surface area contributed by atoms with Gasteiger partial charge in [-0.25, -0.2) is 9.97 Å². The molecule has 0 spiro atoms. The van der Waals surface area contributed by atoms with Crippen molar-refractivity contribution in [3.05, 3.63) is 54.5 Å². The summed E-state index contributed by atoms with van der Waals surface area (Å²) in [5, 5.41) is 1.26. The van der Waals surface area contributed by atoms with Gasteiger partial charge in [0, 0.05) is 42.6 Å². The standard InChI is InChI=1S/C15H16N4/c1-2-19(15-16-8-5-9-17-15)11-12-10-18-14-7-4-3-6-13(12)14/h3-10,18H,2,11H2,1H3.